The molecule has 34 heavy (non-hydrogen) atoms. The summed E-state index contributed by atoms with van der Waals surface area (Å²) < 4.78 is 8.39. The van der Waals surface area contributed by atoms with Gasteiger partial charge in [-0.25, -0.2) is 4.98 Å². The summed E-state index contributed by atoms with van der Waals surface area (Å²) in [7, 11) is 0. The zero-order valence-electron chi connectivity index (χ0n) is 19.5. The van der Waals surface area contributed by atoms with Gasteiger partial charge in [-0.2, -0.15) is 5.10 Å². The van der Waals surface area contributed by atoms with Gasteiger partial charge in [0.25, 0.3) is 0 Å². The molecule has 172 valence electrons. The molecule has 0 aliphatic carbocycles. The number of furan rings is 1. The third-order valence-corrected chi connectivity index (χ3v) is 7.05. The average Bonchev–Trinajstić information content (AvgIpc) is 3.53. The van der Waals surface area contributed by atoms with Crippen LogP contribution in [0.4, 0.5) is 5.82 Å². The van der Waals surface area contributed by atoms with Crippen molar-refractivity contribution < 1.29 is 4.42 Å². The average molecular weight is 453 g/mol. The first kappa shape index (κ1) is 20.9. The van der Waals surface area contributed by atoms with E-state index in [4.69, 9.17) is 15.2 Å². The highest BCUT2D eigenvalue weighted by molar-refractivity contribution is 6.03. The third kappa shape index (κ3) is 3.53. The second-order valence-corrected chi connectivity index (χ2v) is 9.38. The van der Waals surface area contributed by atoms with Crippen molar-refractivity contribution in [3.63, 3.8) is 0 Å². The molecular formula is C27H28N6O. The summed E-state index contributed by atoms with van der Waals surface area (Å²) in [6, 6.07) is 11.2. The number of aromatic nitrogens is 4. The van der Waals surface area contributed by atoms with Crippen molar-refractivity contribution in [2.75, 3.05) is 18.8 Å². The number of hydrogen-bond donors (Lipinski definition) is 1. The lowest BCUT2D eigenvalue weighted by Crippen LogP contribution is -2.39. The van der Waals surface area contributed by atoms with Gasteiger partial charge in [-0.1, -0.05) is 18.2 Å². The summed E-state index contributed by atoms with van der Waals surface area (Å²) in [6.07, 6.45) is 11.8. The standard InChI is InChI=1S/C27H28N6O/c1-17(2)32-10-7-20(8-11-32)33-16-19(14-31-33)24-15-30-27(28)26-23(24)12-25(34-26)22-5-3-4-18-13-29-9-6-21(18)22/h3-6,9,12-17,20H,7-8,10-11H2,1-2H3,(H2,28,30). The van der Waals surface area contributed by atoms with Crippen LogP contribution in [0.3, 0.4) is 0 Å². The Bertz CT molecular complexity index is 1470. The molecular weight excluding hydrogens is 424 g/mol. The second kappa shape index (κ2) is 8.25. The fourth-order valence-electron chi connectivity index (χ4n) is 5.09. The van der Waals surface area contributed by atoms with E-state index in [0.717, 1.165) is 64.5 Å². The van der Waals surface area contributed by atoms with E-state index in [2.05, 4.69) is 57.8 Å². The van der Waals surface area contributed by atoms with Gasteiger partial charge in [-0.3, -0.25) is 9.67 Å². The van der Waals surface area contributed by atoms with Gasteiger partial charge < -0.3 is 15.1 Å². The van der Waals surface area contributed by atoms with Crippen molar-refractivity contribution in [1.82, 2.24) is 24.6 Å². The first-order chi connectivity index (χ1) is 16.6. The van der Waals surface area contributed by atoms with Gasteiger partial charge in [0.05, 0.1) is 12.2 Å². The molecule has 0 saturated carbocycles. The summed E-state index contributed by atoms with van der Waals surface area (Å²) >= 11 is 0. The first-order valence-corrected chi connectivity index (χ1v) is 11.9. The number of benzene rings is 1. The molecule has 5 aromatic rings. The van der Waals surface area contributed by atoms with E-state index in [1.165, 1.54) is 0 Å². The quantitative estimate of drug-likeness (QED) is 0.386. The summed E-state index contributed by atoms with van der Waals surface area (Å²) in [6.45, 7) is 6.74. The highest BCUT2D eigenvalue weighted by atomic mass is 16.3. The number of anilines is 1. The number of hydrogen-bond acceptors (Lipinski definition) is 6. The molecule has 1 aliphatic heterocycles. The Morgan fingerprint density at radius 2 is 1.88 bits per heavy atom. The molecule has 1 aliphatic rings. The lowest BCUT2D eigenvalue weighted by atomic mass is 10.0. The van der Waals surface area contributed by atoms with Crippen molar-refractivity contribution in [2.24, 2.45) is 0 Å². The van der Waals surface area contributed by atoms with Gasteiger partial charge in [0.2, 0.25) is 0 Å². The lowest BCUT2D eigenvalue weighted by Gasteiger charge is -2.34. The number of nitrogens with zero attached hydrogens (tertiary/aromatic N) is 5. The van der Waals surface area contributed by atoms with E-state index in [-0.39, 0.29) is 0 Å². The summed E-state index contributed by atoms with van der Waals surface area (Å²) in [5, 5.41) is 7.82. The maximum atomic E-state index is 6.27. The monoisotopic (exact) mass is 452 g/mol. The van der Waals surface area contributed by atoms with Crippen LogP contribution in [0.2, 0.25) is 0 Å². The molecule has 2 N–H and O–H groups in total. The number of fused-ring (bicyclic) bond motifs is 2. The largest absolute Gasteiger partial charge is 0.452 e. The smallest absolute Gasteiger partial charge is 0.177 e. The van der Waals surface area contributed by atoms with Crippen LogP contribution in [0.15, 0.2) is 65.7 Å². The van der Waals surface area contributed by atoms with E-state index < -0.39 is 0 Å². The van der Waals surface area contributed by atoms with Crippen LogP contribution in [-0.4, -0.2) is 43.8 Å². The fourth-order valence-corrected chi connectivity index (χ4v) is 5.09. The maximum Gasteiger partial charge on any atom is 0.177 e. The van der Waals surface area contributed by atoms with Crippen LogP contribution in [0.1, 0.15) is 32.7 Å². The summed E-state index contributed by atoms with van der Waals surface area (Å²) in [5.74, 6) is 1.15. The van der Waals surface area contributed by atoms with Gasteiger partial charge in [0.1, 0.15) is 5.76 Å². The Hall–Kier alpha value is -3.71. The van der Waals surface area contributed by atoms with Crippen LogP contribution in [0, 0.1) is 0 Å². The predicted molar refractivity (Wildman–Crippen MR) is 135 cm³/mol. The Kier molecular flexibility index (Phi) is 5.07. The molecule has 1 aromatic carbocycles. The van der Waals surface area contributed by atoms with Gasteiger partial charge >= 0.3 is 0 Å². The molecule has 4 aromatic heterocycles. The molecule has 0 amide bonds. The van der Waals surface area contributed by atoms with Crippen molar-refractivity contribution >= 4 is 27.6 Å². The van der Waals surface area contributed by atoms with E-state index in [1.807, 2.05) is 30.7 Å². The third-order valence-electron chi connectivity index (χ3n) is 7.05. The summed E-state index contributed by atoms with van der Waals surface area (Å²) in [4.78, 5) is 11.2. The molecule has 6 rings (SSSR count). The highest BCUT2D eigenvalue weighted by Crippen LogP contribution is 2.38. The topological polar surface area (TPSA) is 86.0 Å². The second-order valence-electron chi connectivity index (χ2n) is 9.38. The fraction of sp³-hybridized carbons (Fsp3) is 0.296. The molecule has 0 radical (unpaired) electrons. The zero-order chi connectivity index (χ0) is 23.2. The lowest BCUT2D eigenvalue weighted by molar-refractivity contribution is 0.147. The zero-order valence-corrected chi connectivity index (χ0v) is 19.5. The van der Waals surface area contributed by atoms with Crippen molar-refractivity contribution in [3.8, 4) is 22.5 Å². The van der Waals surface area contributed by atoms with E-state index in [1.54, 1.807) is 6.20 Å². The first-order valence-electron chi connectivity index (χ1n) is 11.9. The summed E-state index contributed by atoms with van der Waals surface area (Å²) in [5.41, 5.74) is 9.85. The molecule has 0 spiro atoms. The van der Waals surface area contributed by atoms with Gasteiger partial charge in [0.15, 0.2) is 11.4 Å². The minimum Gasteiger partial charge on any atom is -0.452 e. The molecule has 1 fully saturated rings. The van der Waals surface area contributed by atoms with Crippen LogP contribution in [-0.2, 0) is 0 Å². The highest BCUT2D eigenvalue weighted by Gasteiger charge is 2.23. The maximum absolute atomic E-state index is 6.27. The predicted octanol–water partition coefficient (Wildman–Crippen LogP) is 5.53. The van der Waals surface area contributed by atoms with Crippen LogP contribution in [0.5, 0.6) is 0 Å². The molecule has 5 heterocycles. The number of piperidine rings is 1. The minimum absolute atomic E-state index is 0.389. The van der Waals surface area contributed by atoms with Crippen LogP contribution in [0.25, 0.3) is 44.2 Å². The number of nitrogens with two attached hydrogens (primary N) is 1. The van der Waals surface area contributed by atoms with Crippen molar-refractivity contribution in [1.29, 1.82) is 0 Å². The number of nitrogen functional groups attached to an aromatic ring is 1. The molecule has 0 unspecified atom stereocenters. The van der Waals surface area contributed by atoms with E-state index >= 15 is 0 Å². The Morgan fingerprint density at radius 3 is 2.71 bits per heavy atom. The number of pyridine rings is 2. The Morgan fingerprint density at radius 1 is 1.03 bits per heavy atom. The van der Waals surface area contributed by atoms with Crippen LogP contribution >= 0.6 is 0 Å². The normalized spacial score (nSPS) is 15.6. The Labute approximate surface area is 198 Å². The SMILES string of the molecule is CC(C)N1CCC(n2cc(-c3cnc(N)c4oc(-c5cccc6cnccc56)cc34)cn2)CC1. The van der Waals surface area contributed by atoms with Gasteiger partial charge in [-0.15, -0.1) is 0 Å². The van der Waals surface area contributed by atoms with Gasteiger partial charge in [-0.05, 0) is 44.2 Å². The minimum atomic E-state index is 0.389. The van der Waals surface area contributed by atoms with E-state index in [9.17, 15) is 0 Å². The molecule has 0 atom stereocenters. The van der Waals surface area contributed by atoms with Crippen molar-refractivity contribution in [2.45, 2.75) is 38.8 Å². The van der Waals surface area contributed by atoms with E-state index in [0.29, 0.717) is 23.5 Å². The molecule has 0 bridgehead atoms. The van der Waals surface area contributed by atoms with Crippen LogP contribution < -0.4 is 5.73 Å². The molecule has 7 nitrogen and oxygen atoms in total. The number of rotatable bonds is 4. The van der Waals surface area contributed by atoms with Crippen molar-refractivity contribution in [3.05, 3.63) is 61.3 Å². The number of likely N-dealkylation sites (tertiary alicyclic amines) is 1. The van der Waals surface area contributed by atoms with Gasteiger partial charge in [0, 0.05) is 71.4 Å². The molecule has 7 heteroatoms. The Balaban J connectivity index is 1.38. The molecule has 1 saturated heterocycles.